The number of carbonyl (C=O) groups excluding carboxylic acids is 1. The van der Waals surface area contributed by atoms with Crippen LogP contribution in [0.5, 0.6) is 5.75 Å². The molecular weight excluding hydrogens is 388 g/mol. The molecule has 6 heteroatoms. The van der Waals surface area contributed by atoms with Crippen LogP contribution in [0.1, 0.15) is 42.3 Å². The van der Waals surface area contributed by atoms with Gasteiger partial charge in [-0.05, 0) is 59.0 Å². The Morgan fingerprint density at radius 3 is 2.32 bits per heavy atom. The molecule has 2 aromatic carbocycles. The minimum Gasteiger partial charge on any atom is -0.497 e. The van der Waals surface area contributed by atoms with Crippen LogP contribution in [0.15, 0.2) is 78.0 Å². The van der Waals surface area contributed by atoms with Crippen molar-refractivity contribution in [2.24, 2.45) is 4.99 Å². The molecule has 0 aliphatic rings. The third-order valence-corrected chi connectivity index (χ3v) is 4.74. The lowest BCUT2D eigenvalue weighted by Crippen LogP contribution is -2.36. The summed E-state index contributed by atoms with van der Waals surface area (Å²) in [6, 6.07) is 18.8. The number of nitrogens with one attached hydrogen (secondary N) is 2. The summed E-state index contributed by atoms with van der Waals surface area (Å²) in [5.74, 6) is 0.882. The summed E-state index contributed by atoms with van der Waals surface area (Å²) < 4.78 is 5.20. The maximum atomic E-state index is 12.9. The Balaban J connectivity index is 1.78. The molecule has 2 N–H and O–H groups in total. The second-order valence-corrected chi connectivity index (χ2v) is 8.16. The lowest BCUT2D eigenvalue weighted by molar-refractivity contribution is 0.0977. The highest BCUT2D eigenvalue weighted by Gasteiger charge is 2.15. The number of benzene rings is 2. The monoisotopic (exact) mass is 416 g/mol. The van der Waals surface area contributed by atoms with Gasteiger partial charge in [-0.1, -0.05) is 39.0 Å². The van der Waals surface area contributed by atoms with Crippen LogP contribution in [0, 0.1) is 0 Å². The van der Waals surface area contributed by atoms with Crippen LogP contribution in [-0.2, 0) is 12.0 Å². The van der Waals surface area contributed by atoms with Gasteiger partial charge in [0, 0.05) is 23.6 Å². The molecule has 1 heterocycles. The summed E-state index contributed by atoms with van der Waals surface area (Å²) in [5, 5.41) is 6.07. The maximum Gasteiger partial charge on any atom is 0.257 e. The molecule has 0 unspecified atom stereocenters. The van der Waals surface area contributed by atoms with E-state index < -0.39 is 0 Å². The molecule has 0 saturated heterocycles. The van der Waals surface area contributed by atoms with Gasteiger partial charge in [-0.3, -0.25) is 15.1 Å². The van der Waals surface area contributed by atoms with Gasteiger partial charge in [0.05, 0.1) is 13.7 Å². The number of amides is 1. The fourth-order valence-electron chi connectivity index (χ4n) is 2.88. The Kier molecular flexibility index (Phi) is 7.03. The van der Waals surface area contributed by atoms with Crippen LogP contribution >= 0.6 is 0 Å². The average molecular weight is 417 g/mol. The van der Waals surface area contributed by atoms with Crippen molar-refractivity contribution < 1.29 is 9.53 Å². The zero-order valence-corrected chi connectivity index (χ0v) is 18.3. The van der Waals surface area contributed by atoms with E-state index in [9.17, 15) is 4.79 Å². The normalized spacial score (nSPS) is 11.7. The summed E-state index contributed by atoms with van der Waals surface area (Å²) in [6.07, 6.45) is 3.47. The van der Waals surface area contributed by atoms with E-state index in [4.69, 9.17) is 4.74 Å². The van der Waals surface area contributed by atoms with E-state index in [0.717, 1.165) is 17.0 Å². The number of hydrogen-bond donors (Lipinski definition) is 2. The van der Waals surface area contributed by atoms with Crippen molar-refractivity contribution in [2.75, 3.05) is 12.4 Å². The van der Waals surface area contributed by atoms with Gasteiger partial charge < -0.3 is 10.1 Å². The number of ether oxygens (including phenoxy) is 1. The first-order valence-electron chi connectivity index (χ1n) is 10.1. The van der Waals surface area contributed by atoms with Gasteiger partial charge in [-0.25, -0.2) is 4.99 Å². The van der Waals surface area contributed by atoms with Gasteiger partial charge in [0.15, 0.2) is 0 Å². The summed E-state index contributed by atoms with van der Waals surface area (Å²) in [7, 11) is 1.62. The number of carbonyl (C=O) groups is 1. The van der Waals surface area contributed by atoms with Gasteiger partial charge in [0.25, 0.3) is 5.91 Å². The molecule has 3 aromatic rings. The first-order valence-corrected chi connectivity index (χ1v) is 10.1. The largest absolute Gasteiger partial charge is 0.497 e. The van der Waals surface area contributed by atoms with Gasteiger partial charge in [0.1, 0.15) is 5.75 Å². The predicted molar refractivity (Wildman–Crippen MR) is 125 cm³/mol. The molecule has 6 nitrogen and oxygen atoms in total. The summed E-state index contributed by atoms with van der Waals surface area (Å²) >= 11 is 0. The number of pyridine rings is 1. The molecule has 1 aromatic heterocycles. The van der Waals surface area contributed by atoms with Gasteiger partial charge in [-0.15, -0.1) is 0 Å². The third kappa shape index (κ3) is 6.40. The number of nitrogens with zero attached hydrogens (tertiary/aromatic N) is 2. The number of hydrogen-bond acceptors (Lipinski definition) is 4. The summed E-state index contributed by atoms with van der Waals surface area (Å²) in [4.78, 5) is 21.5. The van der Waals surface area contributed by atoms with E-state index in [1.807, 2.05) is 60.7 Å². The van der Waals surface area contributed by atoms with E-state index in [1.165, 1.54) is 5.56 Å². The highest BCUT2D eigenvalue weighted by molar-refractivity contribution is 6.09. The minimum atomic E-state index is -0.230. The van der Waals surface area contributed by atoms with Crippen LogP contribution in [-0.4, -0.2) is 24.0 Å². The molecule has 0 aliphatic carbocycles. The maximum absolute atomic E-state index is 12.9. The van der Waals surface area contributed by atoms with Crippen LogP contribution in [0.25, 0.3) is 0 Å². The first kappa shape index (κ1) is 22.0. The van der Waals surface area contributed by atoms with E-state index in [1.54, 1.807) is 19.5 Å². The Bertz CT molecular complexity index is 1020. The molecule has 3 rings (SSSR count). The molecule has 0 radical (unpaired) electrons. The minimum absolute atomic E-state index is 0.0290. The van der Waals surface area contributed by atoms with E-state index >= 15 is 0 Å². The van der Waals surface area contributed by atoms with Crippen molar-refractivity contribution in [3.63, 3.8) is 0 Å². The van der Waals surface area contributed by atoms with Gasteiger partial charge in [-0.2, -0.15) is 0 Å². The smallest absolute Gasteiger partial charge is 0.257 e. The zero-order chi connectivity index (χ0) is 22.3. The van der Waals surface area contributed by atoms with Crippen molar-refractivity contribution in [1.82, 2.24) is 10.3 Å². The van der Waals surface area contributed by atoms with Gasteiger partial charge in [0.2, 0.25) is 5.96 Å². The number of guanidine groups is 1. The quantitative estimate of drug-likeness (QED) is 0.463. The fourth-order valence-corrected chi connectivity index (χ4v) is 2.88. The second kappa shape index (κ2) is 9.89. The Hall–Kier alpha value is -3.67. The predicted octanol–water partition coefficient (Wildman–Crippen LogP) is 4.79. The van der Waals surface area contributed by atoms with Crippen LogP contribution in [0.4, 0.5) is 5.69 Å². The molecule has 0 aliphatic heterocycles. The van der Waals surface area contributed by atoms with Crippen LogP contribution < -0.4 is 15.4 Å². The number of rotatable bonds is 5. The molecule has 160 valence electrons. The van der Waals surface area contributed by atoms with E-state index in [0.29, 0.717) is 18.1 Å². The highest BCUT2D eigenvalue weighted by Crippen LogP contribution is 2.22. The molecule has 1 amide bonds. The Labute approximate surface area is 183 Å². The van der Waals surface area contributed by atoms with Crippen LogP contribution in [0.2, 0.25) is 0 Å². The van der Waals surface area contributed by atoms with Crippen molar-refractivity contribution >= 4 is 17.6 Å². The SMILES string of the molecule is COc1ccc(NC(=NCc2cccnc2)NC(=O)c2ccc(C(C)(C)C)cc2)cc1. The number of methoxy groups -OCH3 is 1. The lowest BCUT2D eigenvalue weighted by atomic mass is 9.87. The molecule has 0 atom stereocenters. The summed E-state index contributed by atoms with van der Waals surface area (Å²) in [6.45, 7) is 6.81. The number of anilines is 1. The number of aromatic nitrogens is 1. The van der Waals surface area contributed by atoms with Crippen molar-refractivity contribution in [2.45, 2.75) is 32.7 Å². The molecular formula is C25H28N4O2. The number of aliphatic imine (C=N–C) groups is 1. The fraction of sp³-hybridized carbons (Fsp3) is 0.240. The Morgan fingerprint density at radius 1 is 1.03 bits per heavy atom. The second-order valence-electron chi connectivity index (χ2n) is 8.16. The highest BCUT2D eigenvalue weighted by atomic mass is 16.5. The van der Waals surface area contributed by atoms with Gasteiger partial charge >= 0.3 is 0 Å². The van der Waals surface area contributed by atoms with Crippen molar-refractivity contribution in [3.8, 4) is 5.75 Å². The average Bonchev–Trinajstić information content (AvgIpc) is 2.78. The molecule has 0 fully saturated rings. The molecule has 0 bridgehead atoms. The summed E-state index contributed by atoms with van der Waals surface area (Å²) in [5.41, 5.74) is 3.50. The third-order valence-electron chi connectivity index (χ3n) is 4.74. The zero-order valence-electron chi connectivity index (χ0n) is 18.3. The first-order chi connectivity index (χ1) is 14.8. The van der Waals surface area contributed by atoms with E-state index in [2.05, 4.69) is 41.4 Å². The molecule has 0 spiro atoms. The van der Waals surface area contributed by atoms with Crippen molar-refractivity contribution in [3.05, 3.63) is 89.7 Å². The Morgan fingerprint density at radius 2 is 1.74 bits per heavy atom. The topological polar surface area (TPSA) is 75.6 Å². The standard InChI is InChI=1S/C25H28N4O2/c1-25(2,3)20-9-7-19(8-10-20)23(30)29-24(27-17-18-6-5-15-26-16-18)28-21-11-13-22(31-4)14-12-21/h5-16H,17H2,1-4H3,(H2,27,28,29,30). The van der Waals surface area contributed by atoms with Crippen LogP contribution in [0.3, 0.4) is 0 Å². The van der Waals surface area contributed by atoms with Crippen molar-refractivity contribution in [1.29, 1.82) is 0 Å². The lowest BCUT2D eigenvalue weighted by Gasteiger charge is -2.19. The molecule has 31 heavy (non-hydrogen) atoms. The van der Waals surface area contributed by atoms with E-state index in [-0.39, 0.29) is 11.3 Å². The molecule has 0 saturated carbocycles.